The Hall–Kier alpha value is -4.91. The number of rotatable bonds is 15. The van der Waals surface area contributed by atoms with Crippen LogP contribution in [0.15, 0.2) is 36.7 Å². The van der Waals surface area contributed by atoms with Gasteiger partial charge < -0.3 is 15.4 Å². The minimum atomic E-state index is -3.99. The van der Waals surface area contributed by atoms with Crippen LogP contribution in [-0.2, 0) is 26.1 Å². The number of hydrogen-bond donors (Lipinski definition) is 6. The lowest BCUT2D eigenvalue weighted by atomic mass is 10.0. The van der Waals surface area contributed by atoms with Crippen molar-refractivity contribution in [3.8, 4) is 12.1 Å². The van der Waals surface area contributed by atoms with E-state index in [4.69, 9.17) is 9.88 Å². The molecule has 1 amide bonds. The van der Waals surface area contributed by atoms with Crippen LogP contribution in [0.3, 0.4) is 0 Å². The summed E-state index contributed by atoms with van der Waals surface area (Å²) < 4.78 is 46.2. The number of aryl methyl sites for hydroxylation is 4. The normalized spacial score (nSPS) is 11.9. The average Bonchev–Trinajstić information content (AvgIpc) is 3.08. The Balaban J connectivity index is 0.000000303. The van der Waals surface area contributed by atoms with Gasteiger partial charge in [-0.1, -0.05) is 0 Å². The van der Waals surface area contributed by atoms with Crippen LogP contribution < -0.4 is 29.9 Å². The minimum Gasteiger partial charge on any atom is -0.443 e. The molecule has 15 nitrogen and oxygen atoms in total. The Labute approximate surface area is 320 Å². The first-order valence-electron chi connectivity index (χ1n) is 17.4. The number of aromatic nitrogens is 2. The Bertz CT molecular complexity index is 2180. The first kappa shape index (κ1) is 43.5. The Kier molecular flexibility index (Phi) is 16.1. The van der Waals surface area contributed by atoms with Gasteiger partial charge in [-0.05, 0) is 121 Å². The quantitative estimate of drug-likeness (QED) is 0.0845. The first-order valence-corrected chi connectivity index (χ1v) is 20.1. The lowest BCUT2D eigenvalue weighted by Gasteiger charge is -2.19. The van der Waals surface area contributed by atoms with Crippen molar-refractivity contribution in [2.45, 2.75) is 79.8 Å². The monoisotopic (exact) mass is 778 g/mol. The standard InChI is InChI=1S/C21H29N5O4S.C16H21N5OS/c1-14-10-17-18(11-15(14)2)24-13-16(12-22)19(17)23-8-6-7-9-25-31(28,29)26-20(27)30-21(3,4)5;1-11-7-14-15(8-12(11)2)20-10-13(9-17)16(14)19-5-3-4-6-21-23(18)22/h10-11,13,25H,6-9H2,1-5H3,(H,23,24)(H,26,27);7-8,10,21H,3-6,18H2,1-2H3,(H,19,20). The summed E-state index contributed by atoms with van der Waals surface area (Å²) in [5.74, 6) is 0. The summed E-state index contributed by atoms with van der Waals surface area (Å²) in [4.78, 5) is 20.3. The number of nitrogens with zero attached hydrogens (tertiary/aromatic N) is 4. The molecular formula is C37H50N10O5S2. The number of carbonyl (C=O) groups is 1. The molecule has 0 aliphatic carbocycles. The summed E-state index contributed by atoms with van der Waals surface area (Å²) in [6.45, 7) is 15.1. The van der Waals surface area contributed by atoms with Gasteiger partial charge in [-0.25, -0.2) is 23.6 Å². The van der Waals surface area contributed by atoms with E-state index < -0.39 is 33.1 Å². The number of benzene rings is 2. The molecule has 0 aliphatic rings. The number of nitrogens with two attached hydrogens (primary N) is 1. The lowest BCUT2D eigenvalue weighted by molar-refractivity contribution is 0.0569. The van der Waals surface area contributed by atoms with Crippen molar-refractivity contribution in [2.24, 2.45) is 5.14 Å². The number of nitriles is 2. The molecule has 0 aliphatic heterocycles. The van der Waals surface area contributed by atoms with Gasteiger partial charge in [0.25, 0.3) is 0 Å². The molecule has 7 N–H and O–H groups in total. The lowest BCUT2D eigenvalue weighted by Crippen LogP contribution is -2.43. The van der Waals surface area contributed by atoms with Crippen LogP contribution in [0, 0.1) is 50.4 Å². The Morgan fingerprint density at radius 2 is 1.20 bits per heavy atom. The van der Waals surface area contributed by atoms with Crippen molar-refractivity contribution in [1.82, 2.24) is 24.1 Å². The second-order valence-electron chi connectivity index (χ2n) is 13.7. The minimum absolute atomic E-state index is 0.153. The van der Waals surface area contributed by atoms with Crippen molar-refractivity contribution in [3.05, 3.63) is 70.0 Å². The number of carbonyl (C=O) groups excluding carboxylic acids is 1. The van der Waals surface area contributed by atoms with Crippen LogP contribution in [-0.4, -0.2) is 60.5 Å². The van der Waals surface area contributed by atoms with Crippen molar-refractivity contribution >= 4 is 60.7 Å². The number of pyridine rings is 2. The largest absolute Gasteiger partial charge is 0.443 e. The van der Waals surface area contributed by atoms with Gasteiger partial charge in [0.15, 0.2) is 11.2 Å². The SMILES string of the molecule is Cc1cc2ncc(C#N)c(NCCCCNS(=O)(=O)NC(=O)OC(C)(C)C)c2cc1C.Cc1cc2ncc(C#N)c(NCCCCNS(N)=O)c2cc1C. The van der Waals surface area contributed by atoms with Gasteiger partial charge in [-0.15, -0.1) is 0 Å². The van der Waals surface area contributed by atoms with Gasteiger partial charge in [0.2, 0.25) is 0 Å². The van der Waals surface area contributed by atoms with Gasteiger partial charge in [-0.3, -0.25) is 9.97 Å². The van der Waals surface area contributed by atoms with Crippen molar-refractivity contribution < 1.29 is 22.2 Å². The Morgan fingerprint density at radius 3 is 1.63 bits per heavy atom. The van der Waals surface area contributed by atoms with E-state index in [1.165, 1.54) is 11.1 Å². The number of unbranched alkanes of at least 4 members (excludes halogenated alkanes) is 2. The molecule has 0 saturated carbocycles. The molecule has 0 saturated heterocycles. The van der Waals surface area contributed by atoms with E-state index in [0.717, 1.165) is 63.7 Å². The van der Waals surface area contributed by atoms with E-state index in [1.54, 1.807) is 33.2 Å². The van der Waals surface area contributed by atoms with Crippen LogP contribution in [0.2, 0.25) is 0 Å². The maximum absolute atomic E-state index is 11.9. The molecule has 0 spiro atoms. The highest BCUT2D eigenvalue weighted by atomic mass is 32.2. The zero-order chi connectivity index (χ0) is 40.1. The fourth-order valence-corrected chi connectivity index (χ4v) is 6.30. The second-order valence-corrected chi connectivity index (χ2v) is 16.1. The molecule has 1 atom stereocenters. The molecule has 2 aromatic carbocycles. The predicted molar refractivity (Wildman–Crippen MR) is 214 cm³/mol. The van der Waals surface area contributed by atoms with Gasteiger partial charge >= 0.3 is 16.3 Å². The summed E-state index contributed by atoms with van der Waals surface area (Å²) in [7, 11) is -3.99. The second kappa shape index (κ2) is 20.0. The van der Waals surface area contributed by atoms with Gasteiger partial charge in [0, 0.05) is 49.3 Å². The predicted octanol–water partition coefficient (Wildman–Crippen LogP) is 5.32. The van der Waals surface area contributed by atoms with E-state index in [0.29, 0.717) is 37.1 Å². The summed E-state index contributed by atoms with van der Waals surface area (Å²) in [5.41, 5.74) is 8.05. The molecule has 0 radical (unpaired) electrons. The van der Waals surface area contributed by atoms with E-state index in [-0.39, 0.29) is 6.54 Å². The topological polar surface area (TPSA) is 237 Å². The van der Waals surface area contributed by atoms with Crippen LogP contribution >= 0.6 is 0 Å². The van der Waals surface area contributed by atoms with Crippen LogP contribution in [0.25, 0.3) is 21.8 Å². The zero-order valence-corrected chi connectivity index (χ0v) is 33.5. The molecular weight excluding hydrogens is 729 g/mol. The molecule has 0 fully saturated rings. The molecule has 2 heterocycles. The first-order chi connectivity index (χ1) is 25.4. The smallest absolute Gasteiger partial charge is 0.422 e. The molecule has 0 bridgehead atoms. The van der Waals surface area contributed by atoms with Crippen LogP contribution in [0.5, 0.6) is 0 Å². The number of nitrogens with one attached hydrogen (secondary N) is 5. The van der Waals surface area contributed by atoms with E-state index >= 15 is 0 Å². The van der Waals surface area contributed by atoms with Gasteiger partial charge in [-0.2, -0.15) is 23.7 Å². The summed E-state index contributed by atoms with van der Waals surface area (Å²) >= 11 is -1.46. The van der Waals surface area contributed by atoms with Gasteiger partial charge in [0.05, 0.1) is 33.5 Å². The third-order valence-electron chi connectivity index (χ3n) is 8.17. The van der Waals surface area contributed by atoms with Crippen molar-refractivity contribution in [3.63, 3.8) is 0 Å². The van der Waals surface area contributed by atoms with E-state index in [2.05, 4.69) is 62.1 Å². The fraction of sp³-hybridized carbons (Fsp3) is 0.432. The maximum Gasteiger partial charge on any atom is 0.422 e. The molecule has 54 heavy (non-hydrogen) atoms. The molecule has 290 valence electrons. The molecule has 4 rings (SSSR count). The van der Waals surface area contributed by atoms with Gasteiger partial charge in [0.1, 0.15) is 17.7 Å². The van der Waals surface area contributed by atoms with Crippen molar-refractivity contribution in [1.29, 1.82) is 10.5 Å². The fourth-order valence-electron chi connectivity index (χ4n) is 5.20. The summed E-state index contributed by atoms with van der Waals surface area (Å²) in [6, 6.07) is 12.5. The zero-order valence-electron chi connectivity index (χ0n) is 31.8. The number of hydrogen-bond acceptors (Lipinski definition) is 11. The number of amides is 1. The highest BCUT2D eigenvalue weighted by Crippen LogP contribution is 2.29. The highest BCUT2D eigenvalue weighted by molar-refractivity contribution is 7.88. The highest BCUT2D eigenvalue weighted by Gasteiger charge is 2.21. The van der Waals surface area contributed by atoms with Crippen LogP contribution in [0.1, 0.15) is 79.8 Å². The van der Waals surface area contributed by atoms with E-state index in [9.17, 15) is 27.9 Å². The molecule has 2 aromatic heterocycles. The van der Waals surface area contributed by atoms with Crippen molar-refractivity contribution in [2.75, 3.05) is 36.8 Å². The third-order valence-corrected chi connectivity index (χ3v) is 9.68. The average molecular weight is 779 g/mol. The number of fused-ring (bicyclic) bond motifs is 2. The molecule has 1 unspecified atom stereocenters. The Morgan fingerprint density at radius 1 is 0.778 bits per heavy atom. The van der Waals surface area contributed by atoms with Crippen LogP contribution in [0.4, 0.5) is 16.2 Å². The van der Waals surface area contributed by atoms with E-state index in [1.807, 2.05) is 36.8 Å². The molecule has 17 heteroatoms. The summed E-state index contributed by atoms with van der Waals surface area (Å²) in [6.07, 6.45) is 5.04. The number of ether oxygens (including phenoxy) is 1. The third kappa shape index (κ3) is 13.5. The maximum atomic E-state index is 11.9. The summed E-state index contributed by atoms with van der Waals surface area (Å²) in [5, 5.41) is 32.3. The number of anilines is 2. The molecule has 4 aromatic rings.